The van der Waals surface area contributed by atoms with Crippen LogP contribution in [0, 0.1) is 0 Å². The van der Waals surface area contributed by atoms with Gasteiger partial charge in [-0.05, 0) is 36.1 Å². The third kappa shape index (κ3) is 2.42. The lowest BCUT2D eigenvalue weighted by Crippen LogP contribution is -2.25. The Labute approximate surface area is 100 Å². The van der Waals surface area contributed by atoms with Crippen LogP contribution in [0.4, 0.5) is 0 Å². The molecule has 0 bridgehead atoms. The number of carbonyl (C=O) groups excluding carboxylic acids is 1. The summed E-state index contributed by atoms with van der Waals surface area (Å²) in [5, 5.41) is 9.41. The largest absolute Gasteiger partial charge is 0.508 e. The molecular formula is C13H17NO3. The molecule has 1 aromatic carbocycles. The van der Waals surface area contributed by atoms with Crippen molar-refractivity contribution in [3.05, 3.63) is 29.3 Å². The van der Waals surface area contributed by atoms with Crippen LogP contribution in [0.15, 0.2) is 18.2 Å². The molecule has 0 fully saturated rings. The minimum atomic E-state index is -0.204. The summed E-state index contributed by atoms with van der Waals surface area (Å²) in [5.41, 5.74) is 8.32. The van der Waals surface area contributed by atoms with Crippen LogP contribution in [0.25, 0.3) is 0 Å². The number of esters is 1. The van der Waals surface area contributed by atoms with E-state index < -0.39 is 0 Å². The zero-order chi connectivity index (χ0) is 12.4. The van der Waals surface area contributed by atoms with Crippen molar-refractivity contribution in [1.29, 1.82) is 0 Å². The smallest absolute Gasteiger partial charge is 0.305 e. The second-order valence-electron chi connectivity index (χ2n) is 4.47. The predicted molar refractivity (Wildman–Crippen MR) is 63.8 cm³/mol. The topological polar surface area (TPSA) is 72.5 Å². The van der Waals surface area contributed by atoms with Gasteiger partial charge in [-0.3, -0.25) is 4.79 Å². The van der Waals surface area contributed by atoms with E-state index in [4.69, 9.17) is 5.73 Å². The Hall–Kier alpha value is -1.55. The van der Waals surface area contributed by atoms with Crippen molar-refractivity contribution in [3.8, 4) is 5.75 Å². The Morgan fingerprint density at radius 3 is 3.06 bits per heavy atom. The molecule has 0 radical (unpaired) electrons. The molecule has 1 aliphatic carbocycles. The van der Waals surface area contributed by atoms with Crippen LogP contribution in [-0.4, -0.2) is 24.2 Å². The summed E-state index contributed by atoms with van der Waals surface area (Å²) in [6.07, 6.45) is 1.84. The minimum Gasteiger partial charge on any atom is -0.508 e. The van der Waals surface area contributed by atoms with E-state index >= 15 is 0 Å². The highest BCUT2D eigenvalue weighted by Crippen LogP contribution is 2.37. The van der Waals surface area contributed by atoms with Crippen LogP contribution < -0.4 is 5.73 Å². The molecule has 0 aromatic heterocycles. The number of methoxy groups -OCH3 is 1. The fraction of sp³-hybridized carbons (Fsp3) is 0.462. The van der Waals surface area contributed by atoms with Crippen molar-refractivity contribution in [1.82, 2.24) is 0 Å². The zero-order valence-corrected chi connectivity index (χ0v) is 9.85. The van der Waals surface area contributed by atoms with Crippen LogP contribution in [0.1, 0.15) is 29.9 Å². The normalized spacial score (nSPS) is 22.2. The Morgan fingerprint density at radius 2 is 2.35 bits per heavy atom. The molecule has 1 aromatic rings. The van der Waals surface area contributed by atoms with E-state index in [-0.39, 0.29) is 23.7 Å². The van der Waals surface area contributed by atoms with E-state index in [2.05, 4.69) is 4.74 Å². The van der Waals surface area contributed by atoms with E-state index in [1.807, 2.05) is 6.07 Å². The number of aromatic hydroxyl groups is 1. The lowest BCUT2D eigenvalue weighted by Gasteiger charge is -2.15. The third-order valence-corrected chi connectivity index (χ3v) is 3.39. The highest BCUT2D eigenvalue weighted by atomic mass is 16.5. The molecule has 2 unspecified atom stereocenters. The fourth-order valence-electron chi connectivity index (χ4n) is 2.50. The predicted octanol–water partition coefficient (Wildman–Crippen LogP) is 1.31. The van der Waals surface area contributed by atoms with Gasteiger partial charge < -0.3 is 15.6 Å². The summed E-state index contributed by atoms with van der Waals surface area (Å²) >= 11 is 0. The van der Waals surface area contributed by atoms with Gasteiger partial charge in [-0.25, -0.2) is 0 Å². The first-order valence-corrected chi connectivity index (χ1v) is 5.76. The van der Waals surface area contributed by atoms with Crippen LogP contribution in [-0.2, 0) is 16.0 Å². The summed E-state index contributed by atoms with van der Waals surface area (Å²) < 4.78 is 4.63. The third-order valence-electron chi connectivity index (χ3n) is 3.39. The van der Waals surface area contributed by atoms with Crippen molar-refractivity contribution < 1.29 is 14.6 Å². The molecule has 0 saturated carbocycles. The second kappa shape index (κ2) is 4.75. The lowest BCUT2D eigenvalue weighted by atomic mass is 9.93. The number of hydrogen-bond donors (Lipinski definition) is 2. The van der Waals surface area contributed by atoms with E-state index in [0.717, 1.165) is 17.5 Å². The van der Waals surface area contributed by atoms with Gasteiger partial charge in [0.1, 0.15) is 5.75 Å². The fourth-order valence-corrected chi connectivity index (χ4v) is 2.50. The van der Waals surface area contributed by atoms with Crippen molar-refractivity contribution in [2.75, 3.05) is 7.11 Å². The Bertz CT molecular complexity index is 431. The van der Waals surface area contributed by atoms with E-state index in [9.17, 15) is 9.90 Å². The number of carbonyl (C=O) groups is 1. The van der Waals surface area contributed by atoms with Crippen molar-refractivity contribution in [2.45, 2.75) is 31.2 Å². The molecule has 4 nitrogen and oxygen atoms in total. The Kier molecular flexibility index (Phi) is 3.33. The molecule has 92 valence electrons. The minimum absolute atomic E-state index is 0.0245. The van der Waals surface area contributed by atoms with Gasteiger partial charge in [-0.1, -0.05) is 6.07 Å². The highest BCUT2D eigenvalue weighted by molar-refractivity contribution is 5.69. The first kappa shape index (κ1) is 11.9. The summed E-state index contributed by atoms with van der Waals surface area (Å²) in [5.74, 6) is 0.249. The van der Waals surface area contributed by atoms with Gasteiger partial charge in [0.2, 0.25) is 0 Å². The van der Waals surface area contributed by atoms with Gasteiger partial charge in [-0.2, -0.15) is 0 Å². The van der Waals surface area contributed by atoms with Crippen molar-refractivity contribution in [3.63, 3.8) is 0 Å². The van der Waals surface area contributed by atoms with Crippen molar-refractivity contribution in [2.24, 2.45) is 5.73 Å². The Morgan fingerprint density at radius 1 is 1.59 bits per heavy atom. The maximum absolute atomic E-state index is 11.1. The quantitative estimate of drug-likeness (QED) is 0.775. The second-order valence-corrected chi connectivity index (χ2v) is 4.47. The van der Waals surface area contributed by atoms with E-state index in [1.165, 1.54) is 7.11 Å². The number of ether oxygens (including phenoxy) is 1. The van der Waals surface area contributed by atoms with Crippen LogP contribution in [0.2, 0.25) is 0 Å². The van der Waals surface area contributed by atoms with Gasteiger partial charge in [0.05, 0.1) is 7.11 Å². The summed E-state index contributed by atoms with van der Waals surface area (Å²) in [4.78, 5) is 11.1. The zero-order valence-electron chi connectivity index (χ0n) is 9.85. The number of nitrogens with two attached hydrogens (primary N) is 1. The molecule has 0 saturated heterocycles. The first-order chi connectivity index (χ1) is 8.11. The van der Waals surface area contributed by atoms with Gasteiger partial charge in [0.15, 0.2) is 0 Å². The van der Waals surface area contributed by atoms with Gasteiger partial charge >= 0.3 is 5.97 Å². The number of hydrogen-bond acceptors (Lipinski definition) is 4. The molecule has 4 heteroatoms. The SMILES string of the molecule is COC(=O)CCC1c2ccc(O)cc2CC1N. The molecule has 0 spiro atoms. The van der Waals surface area contributed by atoms with Gasteiger partial charge in [0.25, 0.3) is 0 Å². The standard InChI is InChI=1S/C13H17NO3/c1-17-13(16)5-4-11-10-3-2-9(15)6-8(10)7-12(11)14/h2-3,6,11-12,15H,4-5,7,14H2,1H3. The number of phenols is 1. The average Bonchev–Trinajstić information content (AvgIpc) is 2.61. The summed E-state index contributed by atoms with van der Waals surface area (Å²) in [7, 11) is 1.39. The van der Waals surface area contributed by atoms with E-state index in [0.29, 0.717) is 12.8 Å². The number of phenolic OH excluding ortho intramolecular Hbond substituents is 1. The average molecular weight is 235 g/mol. The van der Waals surface area contributed by atoms with Crippen LogP contribution in [0.3, 0.4) is 0 Å². The number of benzene rings is 1. The maximum atomic E-state index is 11.1. The molecule has 0 amide bonds. The molecule has 2 atom stereocenters. The van der Waals surface area contributed by atoms with Crippen LogP contribution >= 0.6 is 0 Å². The molecule has 0 heterocycles. The highest BCUT2D eigenvalue weighted by Gasteiger charge is 2.30. The lowest BCUT2D eigenvalue weighted by molar-refractivity contribution is -0.140. The van der Waals surface area contributed by atoms with Crippen molar-refractivity contribution >= 4 is 5.97 Å². The van der Waals surface area contributed by atoms with E-state index in [1.54, 1.807) is 12.1 Å². The molecule has 17 heavy (non-hydrogen) atoms. The Balaban J connectivity index is 2.12. The molecule has 1 aliphatic rings. The molecule has 0 aliphatic heterocycles. The number of rotatable bonds is 3. The maximum Gasteiger partial charge on any atom is 0.305 e. The van der Waals surface area contributed by atoms with Crippen LogP contribution in [0.5, 0.6) is 5.75 Å². The molecule has 3 N–H and O–H groups in total. The molecular weight excluding hydrogens is 218 g/mol. The summed E-state index contributed by atoms with van der Waals surface area (Å²) in [6.45, 7) is 0. The molecule has 2 rings (SSSR count). The number of fused-ring (bicyclic) bond motifs is 1. The first-order valence-electron chi connectivity index (χ1n) is 5.76. The summed E-state index contributed by atoms with van der Waals surface area (Å²) in [6, 6.07) is 5.35. The van der Waals surface area contributed by atoms with Gasteiger partial charge in [0, 0.05) is 18.4 Å². The van der Waals surface area contributed by atoms with Gasteiger partial charge in [-0.15, -0.1) is 0 Å². The monoisotopic (exact) mass is 235 g/mol.